The van der Waals surface area contributed by atoms with E-state index < -0.39 is 0 Å². The molecule has 12 heavy (non-hydrogen) atoms. The van der Waals surface area contributed by atoms with Crippen LogP contribution in [0.2, 0.25) is 0 Å². The molecule has 0 aliphatic heterocycles. The fourth-order valence-corrected chi connectivity index (χ4v) is 3.20. The van der Waals surface area contributed by atoms with Crippen LogP contribution in [0.3, 0.4) is 0 Å². The SMILES string of the molecule is Brc1ccc2c(c1)C1CCC2C1. The van der Waals surface area contributed by atoms with Crippen molar-refractivity contribution in [2.75, 3.05) is 0 Å². The lowest BCUT2D eigenvalue weighted by Crippen LogP contribution is -1.96. The molecule has 1 aromatic carbocycles. The van der Waals surface area contributed by atoms with Crippen LogP contribution in [0.15, 0.2) is 22.7 Å². The molecule has 2 aliphatic rings. The van der Waals surface area contributed by atoms with Crippen LogP contribution in [-0.2, 0) is 0 Å². The summed E-state index contributed by atoms with van der Waals surface area (Å²) in [6.07, 6.45) is 4.28. The Morgan fingerprint density at radius 2 is 1.83 bits per heavy atom. The lowest BCUT2D eigenvalue weighted by Gasteiger charge is -2.14. The van der Waals surface area contributed by atoms with Gasteiger partial charge in [0, 0.05) is 4.47 Å². The molecule has 0 nitrogen and oxygen atoms in total. The minimum atomic E-state index is 0.891. The van der Waals surface area contributed by atoms with Gasteiger partial charge in [0.25, 0.3) is 0 Å². The van der Waals surface area contributed by atoms with Crippen LogP contribution >= 0.6 is 15.9 Å². The highest BCUT2D eigenvalue weighted by molar-refractivity contribution is 9.10. The molecule has 0 saturated heterocycles. The molecular weight excluding hydrogens is 212 g/mol. The van der Waals surface area contributed by atoms with E-state index in [0.29, 0.717) is 0 Å². The Hall–Kier alpha value is -0.300. The first-order chi connectivity index (χ1) is 5.84. The zero-order valence-electron chi connectivity index (χ0n) is 6.89. The van der Waals surface area contributed by atoms with Crippen LogP contribution in [0.4, 0.5) is 0 Å². The maximum Gasteiger partial charge on any atom is 0.0178 e. The Balaban J connectivity index is 2.20. The largest absolute Gasteiger partial charge is 0.0574 e. The zero-order valence-corrected chi connectivity index (χ0v) is 8.47. The number of rotatable bonds is 0. The van der Waals surface area contributed by atoms with E-state index in [1.54, 1.807) is 11.1 Å². The van der Waals surface area contributed by atoms with Gasteiger partial charge >= 0.3 is 0 Å². The van der Waals surface area contributed by atoms with E-state index in [0.717, 1.165) is 11.8 Å². The van der Waals surface area contributed by atoms with Crippen molar-refractivity contribution in [1.82, 2.24) is 0 Å². The summed E-state index contributed by atoms with van der Waals surface area (Å²) in [5.74, 6) is 1.79. The molecule has 0 aromatic heterocycles. The van der Waals surface area contributed by atoms with Crippen LogP contribution < -0.4 is 0 Å². The quantitative estimate of drug-likeness (QED) is 0.627. The Labute approximate surface area is 81.1 Å². The van der Waals surface area contributed by atoms with Crippen molar-refractivity contribution >= 4 is 15.9 Å². The number of fused-ring (bicyclic) bond motifs is 5. The van der Waals surface area contributed by atoms with E-state index in [1.165, 1.54) is 23.7 Å². The lowest BCUT2D eigenvalue weighted by atomic mass is 9.92. The molecule has 2 bridgehead atoms. The molecule has 2 unspecified atom stereocenters. The molecule has 62 valence electrons. The van der Waals surface area contributed by atoms with Crippen LogP contribution in [0, 0.1) is 0 Å². The predicted molar refractivity (Wildman–Crippen MR) is 53.5 cm³/mol. The number of halogens is 1. The second kappa shape index (κ2) is 2.35. The standard InChI is InChI=1S/C11H11Br/c12-9-3-4-10-7-1-2-8(5-7)11(10)6-9/h3-4,6-8H,1-2,5H2. The Kier molecular flexibility index (Phi) is 1.40. The third kappa shape index (κ3) is 0.832. The summed E-state index contributed by atoms with van der Waals surface area (Å²) in [5, 5.41) is 0. The molecular formula is C11H11Br. The Bertz CT molecular complexity index is 330. The van der Waals surface area contributed by atoms with Gasteiger partial charge in [-0.25, -0.2) is 0 Å². The highest BCUT2D eigenvalue weighted by Crippen LogP contribution is 2.53. The first-order valence-corrected chi connectivity index (χ1v) is 5.43. The van der Waals surface area contributed by atoms with Crippen molar-refractivity contribution in [2.24, 2.45) is 0 Å². The first-order valence-electron chi connectivity index (χ1n) is 4.64. The van der Waals surface area contributed by atoms with Crippen molar-refractivity contribution in [3.63, 3.8) is 0 Å². The topological polar surface area (TPSA) is 0 Å². The maximum absolute atomic E-state index is 3.54. The van der Waals surface area contributed by atoms with Gasteiger partial charge in [0.05, 0.1) is 0 Å². The number of hydrogen-bond donors (Lipinski definition) is 0. The fraction of sp³-hybridized carbons (Fsp3) is 0.455. The van der Waals surface area contributed by atoms with Gasteiger partial charge in [0.1, 0.15) is 0 Å². The average Bonchev–Trinajstić information content (AvgIpc) is 2.63. The summed E-state index contributed by atoms with van der Waals surface area (Å²) >= 11 is 3.54. The van der Waals surface area contributed by atoms with Gasteiger partial charge in [0.15, 0.2) is 0 Å². The highest BCUT2D eigenvalue weighted by atomic mass is 79.9. The van der Waals surface area contributed by atoms with Crippen molar-refractivity contribution in [1.29, 1.82) is 0 Å². The summed E-state index contributed by atoms with van der Waals surface area (Å²) in [6.45, 7) is 0. The summed E-state index contributed by atoms with van der Waals surface area (Å²) < 4.78 is 1.24. The Morgan fingerprint density at radius 1 is 1.08 bits per heavy atom. The van der Waals surface area contributed by atoms with Crippen LogP contribution in [0.25, 0.3) is 0 Å². The van der Waals surface area contributed by atoms with E-state index in [4.69, 9.17) is 0 Å². The van der Waals surface area contributed by atoms with E-state index >= 15 is 0 Å². The van der Waals surface area contributed by atoms with E-state index in [1.807, 2.05) is 0 Å². The second-order valence-corrected chi connectivity index (χ2v) is 4.90. The molecule has 1 aromatic rings. The van der Waals surface area contributed by atoms with Crippen LogP contribution in [0.1, 0.15) is 42.2 Å². The van der Waals surface area contributed by atoms with Gasteiger partial charge in [-0.1, -0.05) is 22.0 Å². The average molecular weight is 223 g/mol. The first kappa shape index (κ1) is 7.14. The molecule has 0 spiro atoms. The molecule has 0 radical (unpaired) electrons. The molecule has 0 N–H and O–H groups in total. The molecule has 2 atom stereocenters. The van der Waals surface area contributed by atoms with Crippen molar-refractivity contribution in [3.8, 4) is 0 Å². The zero-order chi connectivity index (χ0) is 8.13. The summed E-state index contributed by atoms with van der Waals surface area (Å²) in [6, 6.07) is 6.81. The normalized spacial score (nSPS) is 30.8. The van der Waals surface area contributed by atoms with Crippen molar-refractivity contribution < 1.29 is 0 Å². The molecule has 0 amide bonds. The molecule has 3 rings (SSSR count). The van der Waals surface area contributed by atoms with Crippen LogP contribution in [0.5, 0.6) is 0 Å². The lowest BCUT2D eigenvalue weighted by molar-refractivity contribution is 0.717. The van der Waals surface area contributed by atoms with Gasteiger partial charge in [-0.15, -0.1) is 0 Å². The monoisotopic (exact) mass is 222 g/mol. The third-order valence-corrected chi connectivity index (χ3v) is 3.85. The van der Waals surface area contributed by atoms with Gasteiger partial charge < -0.3 is 0 Å². The summed E-state index contributed by atoms with van der Waals surface area (Å²) in [4.78, 5) is 0. The molecule has 2 aliphatic carbocycles. The number of hydrogen-bond acceptors (Lipinski definition) is 0. The highest BCUT2D eigenvalue weighted by Gasteiger charge is 2.36. The van der Waals surface area contributed by atoms with E-state index in [-0.39, 0.29) is 0 Å². The van der Waals surface area contributed by atoms with E-state index in [2.05, 4.69) is 34.1 Å². The smallest absolute Gasteiger partial charge is 0.0178 e. The van der Waals surface area contributed by atoms with Gasteiger partial charge in [-0.05, 0) is 54.4 Å². The van der Waals surface area contributed by atoms with E-state index in [9.17, 15) is 0 Å². The number of benzene rings is 1. The summed E-state index contributed by atoms with van der Waals surface area (Å²) in [5.41, 5.74) is 3.26. The van der Waals surface area contributed by atoms with Crippen molar-refractivity contribution in [2.45, 2.75) is 31.1 Å². The maximum atomic E-state index is 3.54. The van der Waals surface area contributed by atoms with Crippen molar-refractivity contribution in [3.05, 3.63) is 33.8 Å². The minimum Gasteiger partial charge on any atom is -0.0574 e. The summed E-state index contributed by atoms with van der Waals surface area (Å²) in [7, 11) is 0. The minimum absolute atomic E-state index is 0.891. The van der Waals surface area contributed by atoms with Gasteiger partial charge in [0.2, 0.25) is 0 Å². The van der Waals surface area contributed by atoms with Crippen LogP contribution in [-0.4, -0.2) is 0 Å². The second-order valence-electron chi connectivity index (χ2n) is 3.98. The molecule has 1 saturated carbocycles. The molecule has 0 heterocycles. The van der Waals surface area contributed by atoms with Gasteiger partial charge in [-0.3, -0.25) is 0 Å². The third-order valence-electron chi connectivity index (χ3n) is 3.36. The Morgan fingerprint density at radius 3 is 2.67 bits per heavy atom. The molecule has 1 heteroatoms. The predicted octanol–water partition coefficient (Wildman–Crippen LogP) is 3.81. The molecule has 1 fully saturated rings. The fourth-order valence-electron chi connectivity index (χ4n) is 2.82. The van der Waals surface area contributed by atoms with Gasteiger partial charge in [-0.2, -0.15) is 0 Å².